The summed E-state index contributed by atoms with van der Waals surface area (Å²) >= 11 is 3.57. The highest BCUT2D eigenvalue weighted by molar-refractivity contribution is 9.10. The Balaban J connectivity index is 1.96. The molecule has 1 aromatic carbocycles. The van der Waals surface area contributed by atoms with Crippen LogP contribution in [-0.2, 0) is 6.42 Å². The van der Waals surface area contributed by atoms with Gasteiger partial charge < -0.3 is 10.3 Å². The van der Waals surface area contributed by atoms with Crippen LogP contribution in [0.4, 0.5) is 0 Å². The van der Waals surface area contributed by atoms with Crippen molar-refractivity contribution in [2.45, 2.75) is 12.8 Å². The Kier molecular flexibility index (Phi) is 2.74. The van der Waals surface area contributed by atoms with Gasteiger partial charge in [0.05, 0.1) is 0 Å². The van der Waals surface area contributed by atoms with Crippen LogP contribution >= 0.6 is 15.9 Å². The zero-order valence-corrected chi connectivity index (χ0v) is 10.7. The number of para-hydroxylation sites is 1. The van der Waals surface area contributed by atoms with Crippen molar-refractivity contribution in [1.82, 2.24) is 10.3 Å². The summed E-state index contributed by atoms with van der Waals surface area (Å²) in [5, 5.41) is 4.72. The topological polar surface area (TPSA) is 27.8 Å². The molecule has 1 aliphatic heterocycles. The predicted octanol–water partition coefficient (Wildman–Crippen LogP) is 3.08. The number of benzene rings is 1. The fourth-order valence-electron chi connectivity index (χ4n) is 2.55. The molecule has 1 fully saturated rings. The van der Waals surface area contributed by atoms with Crippen molar-refractivity contribution in [2.75, 3.05) is 13.1 Å². The third kappa shape index (κ3) is 1.78. The van der Waals surface area contributed by atoms with Crippen LogP contribution in [0.15, 0.2) is 28.9 Å². The Labute approximate surface area is 104 Å². The van der Waals surface area contributed by atoms with Crippen LogP contribution in [0.3, 0.4) is 0 Å². The molecule has 2 nitrogen and oxygen atoms in total. The lowest BCUT2D eigenvalue weighted by atomic mass is 9.97. The van der Waals surface area contributed by atoms with Gasteiger partial charge in [-0.05, 0) is 53.3 Å². The monoisotopic (exact) mass is 278 g/mol. The van der Waals surface area contributed by atoms with Gasteiger partial charge in [-0.3, -0.25) is 0 Å². The molecule has 0 bridgehead atoms. The molecule has 0 saturated carbocycles. The lowest BCUT2D eigenvalue weighted by Crippen LogP contribution is -2.10. The maximum Gasteiger partial charge on any atom is 0.0498 e. The summed E-state index contributed by atoms with van der Waals surface area (Å²) < 4.78 is 1.16. The number of hydrogen-bond acceptors (Lipinski definition) is 1. The zero-order chi connectivity index (χ0) is 11.0. The second-order valence-electron chi connectivity index (χ2n) is 4.54. The first-order chi connectivity index (χ1) is 7.84. The summed E-state index contributed by atoms with van der Waals surface area (Å²) in [5.41, 5.74) is 2.73. The average Bonchev–Trinajstić information content (AvgIpc) is 2.90. The van der Waals surface area contributed by atoms with E-state index in [0.717, 1.165) is 16.9 Å². The summed E-state index contributed by atoms with van der Waals surface area (Å²) in [6.07, 6.45) is 4.51. The summed E-state index contributed by atoms with van der Waals surface area (Å²) in [4.78, 5) is 3.36. The number of aromatic nitrogens is 1. The minimum atomic E-state index is 0.799. The Hall–Kier alpha value is -0.800. The summed E-state index contributed by atoms with van der Waals surface area (Å²) in [7, 11) is 0. The fourth-order valence-corrected chi connectivity index (χ4v) is 3.00. The Morgan fingerprint density at radius 1 is 1.38 bits per heavy atom. The van der Waals surface area contributed by atoms with E-state index in [1.165, 1.54) is 35.9 Å². The van der Waals surface area contributed by atoms with Gasteiger partial charge in [0.1, 0.15) is 0 Å². The quantitative estimate of drug-likeness (QED) is 0.868. The molecular weight excluding hydrogens is 264 g/mol. The van der Waals surface area contributed by atoms with Crippen LogP contribution in [0, 0.1) is 5.92 Å². The van der Waals surface area contributed by atoms with Gasteiger partial charge in [-0.1, -0.05) is 18.2 Å². The highest BCUT2D eigenvalue weighted by atomic mass is 79.9. The lowest BCUT2D eigenvalue weighted by molar-refractivity contribution is 0.582. The molecule has 2 N–H and O–H groups in total. The first-order valence-electron chi connectivity index (χ1n) is 5.80. The number of H-pyrrole nitrogens is 1. The van der Waals surface area contributed by atoms with E-state index in [-0.39, 0.29) is 0 Å². The van der Waals surface area contributed by atoms with Crippen LogP contribution in [0.1, 0.15) is 12.0 Å². The Morgan fingerprint density at radius 2 is 2.31 bits per heavy atom. The summed E-state index contributed by atoms with van der Waals surface area (Å²) in [5.74, 6) is 0.799. The van der Waals surface area contributed by atoms with Crippen LogP contribution in [0.2, 0.25) is 0 Å². The van der Waals surface area contributed by atoms with E-state index >= 15 is 0 Å². The van der Waals surface area contributed by atoms with Gasteiger partial charge in [0.15, 0.2) is 0 Å². The minimum absolute atomic E-state index is 0.799. The lowest BCUT2D eigenvalue weighted by Gasteiger charge is -2.09. The standard InChI is InChI=1S/C13H15BrN2/c14-12-8-16-13-10(2-1-3-11(12)13)6-9-4-5-15-7-9/h1-3,8-9,15-16H,4-7H2. The van der Waals surface area contributed by atoms with Crippen molar-refractivity contribution in [1.29, 1.82) is 0 Å². The fraction of sp³-hybridized carbons (Fsp3) is 0.385. The minimum Gasteiger partial charge on any atom is -0.360 e. The van der Waals surface area contributed by atoms with Crippen LogP contribution in [0.5, 0.6) is 0 Å². The van der Waals surface area contributed by atoms with Crippen LogP contribution in [0.25, 0.3) is 10.9 Å². The van der Waals surface area contributed by atoms with E-state index in [4.69, 9.17) is 0 Å². The van der Waals surface area contributed by atoms with Crippen LogP contribution < -0.4 is 5.32 Å². The molecule has 2 heterocycles. The van der Waals surface area contributed by atoms with Gasteiger partial charge in [0.25, 0.3) is 0 Å². The second kappa shape index (κ2) is 4.22. The Morgan fingerprint density at radius 3 is 3.12 bits per heavy atom. The van der Waals surface area contributed by atoms with Gasteiger partial charge in [0.2, 0.25) is 0 Å². The predicted molar refractivity (Wildman–Crippen MR) is 70.7 cm³/mol. The number of rotatable bonds is 2. The molecule has 0 spiro atoms. The van der Waals surface area contributed by atoms with Crippen molar-refractivity contribution < 1.29 is 0 Å². The molecule has 84 valence electrons. The van der Waals surface area contributed by atoms with E-state index in [1.807, 2.05) is 6.20 Å². The summed E-state index contributed by atoms with van der Waals surface area (Å²) in [6.45, 7) is 2.34. The largest absolute Gasteiger partial charge is 0.360 e. The van der Waals surface area contributed by atoms with Crippen molar-refractivity contribution in [3.8, 4) is 0 Å². The van der Waals surface area contributed by atoms with Crippen molar-refractivity contribution in [2.24, 2.45) is 5.92 Å². The molecular formula is C13H15BrN2. The van der Waals surface area contributed by atoms with E-state index in [0.29, 0.717) is 0 Å². The number of halogens is 1. The first-order valence-corrected chi connectivity index (χ1v) is 6.59. The third-order valence-corrected chi connectivity index (χ3v) is 4.08. The van der Waals surface area contributed by atoms with Gasteiger partial charge in [-0.2, -0.15) is 0 Å². The van der Waals surface area contributed by atoms with Crippen molar-refractivity contribution in [3.05, 3.63) is 34.4 Å². The molecule has 16 heavy (non-hydrogen) atoms. The molecule has 1 aromatic heterocycles. The molecule has 2 aromatic rings. The number of nitrogens with one attached hydrogen (secondary N) is 2. The van der Waals surface area contributed by atoms with Gasteiger partial charge >= 0.3 is 0 Å². The highest BCUT2D eigenvalue weighted by Crippen LogP contribution is 2.28. The normalized spacial score (nSPS) is 20.7. The molecule has 1 unspecified atom stereocenters. The first kappa shape index (κ1) is 10.4. The number of aromatic amines is 1. The maximum absolute atomic E-state index is 3.57. The average molecular weight is 279 g/mol. The SMILES string of the molecule is Brc1c[nH]c2c(CC3CCNC3)cccc12. The molecule has 0 amide bonds. The van der Waals surface area contributed by atoms with E-state index in [9.17, 15) is 0 Å². The Bertz CT molecular complexity index is 498. The molecule has 3 heteroatoms. The van der Waals surface area contributed by atoms with Gasteiger partial charge in [0, 0.05) is 21.6 Å². The number of hydrogen-bond donors (Lipinski definition) is 2. The third-order valence-electron chi connectivity index (χ3n) is 3.42. The number of fused-ring (bicyclic) bond motifs is 1. The zero-order valence-electron chi connectivity index (χ0n) is 9.09. The highest BCUT2D eigenvalue weighted by Gasteiger charge is 2.16. The van der Waals surface area contributed by atoms with E-state index in [2.05, 4.69) is 44.4 Å². The maximum atomic E-state index is 3.57. The van der Waals surface area contributed by atoms with Crippen LogP contribution in [-0.4, -0.2) is 18.1 Å². The van der Waals surface area contributed by atoms with Gasteiger partial charge in [-0.15, -0.1) is 0 Å². The second-order valence-corrected chi connectivity index (χ2v) is 5.39. The smallest absolute Gasteiger partial charge is 0.0498 e. The molecule has 1 atom stereocenters. The van der Waals surface area contributed by atoms with Crippen molar-refractivity contribution in [3.63, 3.8) is 0 Å². The van der Waals surface area contributed by atoms with Gasteiger partial charge in [-0.25, -0.2) is 0 Å². The summed E-state index contributed by atoms with van der Waals surface area (Å²) in [6, 6.07) is 6.55. The van der Waals surface area contributed by atoms with E-state index < -0.39 is 0 Å². The molecule has 0 radical (unpaired) electrons. The molecule has 1 saturated heterocycles. The van der Waals surface area contributed by atoms with Crippen molar-refractivity contribution >= 4 is 26.8 Å². The molecule has 1 aliphatic rings. The molecule has 3 rings (SSSR count). The molecule has 0 aliphatic carbocycles. The van der Waals surface area contributed by atoms with E-state index in [1.54, 1.807) is 0 Å².